The van der Waals surface area contributed by atoms with Crippen molar-refractivity contribution in [1.29, 1.82) is 0 Å². The fourth-order valence-electron chi connectivity index (χ4n) is 2.96. The minimum absolute atomic E-state index is 0.142. The number of nitro groups is 4. The molecule has 2 rings (SSSR count). The van der Waals surface area contributed by atoms with E-state index >= 15 is 0 Å². The lowest BCUT2D eigenvalue weighted by atomic mass is 9.85. The van der Waals surface area contributed by atoms with Gasteiger partial charge in [-0.05, 0) is 22.0 Å². The predicted molar refractivity (Wildman–Crippen MR) is 128 cm³/mol. The zero-order valence-electron chi connectivity index (χ0n) is 20.3. The summed E-state index contributed by atoms with van der Waals surface area (Å²) in [6.45, 7) is 10.6. The van der Waals surface area contributed by atoms with Crippen molar-refractivity contribution in [3.63, 3.8) is 0 Å². The molecular weight excluding hydrogens is 480 g/mol. The van der Waals surface area contributed by atoms with Crippen LogP contribution in [-0.2, 0) is 10.8 Å². The van der Waals surface area contributed by atoms with E-state index in [1.807, 2.05) is 0 Å². The Morgan fingerprint density at radius 2 is 0.722 bits per heavy atom. The van der Waals surface area contributed by atoms with Gasteiger partial charge in [-0.1, -0.05) is 41.5 Å². The van der Waals surface area contributed by atoms with Crippen molar-refractivity contribution in [2.45, 2.75) is 52.4 Å². The van der Waals surface area contributed by atoms with E-state index in [1.54, 1.807) is 41.5 Å². The molecule has 0 aliphatic heterocycles. The van der Waals surface area contributed by atoms with Crippen LogP contribution in [0.2, 0.25) is 0 Å². The quantitative estimate of drug-likeness (QED) is 0.284. The van der Waals surface area contributed by atoms with Crippen molar-refractivity contribution < 1.29 is 29.3 Å². The standard InChI is InChI=1S/2C11H12N2O5/c2*1-11(2,3)7-4-9(12(15)16)8(6-14)10(5-7)13(17)18/h2*4-6H,1-3H3. The molecule has 0 unspecified atom stereocenters. The Labute approximate surface area is 204 Å². The molecule has 0 bridgehead atoms. The highest BCUT2D eigenvalue weighted by atomic mass is 16.6. The molecule has 0 radical (unpaired) electrons. The average Bonchev–Trinajstić information content (AvgIpc) is 2.75. The van der Waals surface area contributed by atoms with E-state index < -0.39 is 64.4 Å². The molecule has 2 aromatic rings. The van der Waals surface area contributed by atoms with Crippen LogP contribution in [0.4, 0.5) is 22.7 Å². The number of hydrogen-bond donors (Lipinski definition) is 0. The fourth-order valence-corrected chi connectivity index (χ4v) is 2.96. The summed E-state index contributed by atoms with van der Waals surface area (Å²) < 4.78 is 0. The van der Waals surface area contributed by atoms with Crippen molar-refractivity contribution in [2.75, 3.05) is 0 Å². The van der Waals surface area contributed by atoms with E-state index in [0.717, 1.165) is 0 Å². The summed E-state index contributed by atoms with van der Waals surface area (Å²) in [5.74, 6) is 0. The molecule has 0 aliphatic rings. The van der Waals surface area contributed by atoms with E-state index in [2.05, 4.69) is 0 Å². The first-order valence-corrected chi connectivity index (χ1v) is 10.2. The smallest absolute Gasteiger partial charge is 0.287 e. The third kappa shape index (κ3) is 6.71. The number of nitrogens with zero attached hydrogens (tertiary/aromatic N) is 4. The SMILES string of the molecule is CC(C)(C)c1cc([N+](=O)[O-])c(C=O)c([N+](=O)[O-])c1.CC(C)(C)c1cc([N+](=O)[O-])c(C=O)c([N+](=O)[O-])c1. The second-order valence-corrected chi connectivity index (χ2v) is 9.62. The zero-order chi connectivity index (χ0) is 28.2. The molecule has 192 valence electrons. The van der Waals surface area contributed by atoms with Gasteiger partial charge >= 0.3 is 0 Å². The number of benzene rings is 2. The molecule has 0 fully saturated rings. The maximum atomic E-state index is 10.9. The van der Waals surface area contributed by atoms with E-state index in [-0.39, 0.29) is 12.6 Å². The molecular formula is C22H24N4O10. The molecule has 0 aliphatic carbocycles. The molecule has 0 saturated heterocycles. The molecule has 0 heterocycles. The summed E-state index contributed by atoms with van der Waals surface area (Å²) in [5, 5.41) is 43.4. The van der Waals surface area contributed by atoms with Gasteiger partial charge in [0.25, 0.3) is 22.7 Å². The summed E-state index contributed by atoms with van der Waals surface area (Å²) in [7, 11) is 0. The lowest BCUT2D eigenvalue weighted by Gasteiger charge is -2.18. The fraction of sp³-hybridized carbons (Fsp3) is 0.364. The molecule has 36 heavy (non-hydrogen) atoms. The van der Waals surface area contributed by atoms with Crippen LogP contribution in [0.1, 0.15) is 73.4 Å². The number of hydrogen-bond acceptors (Lipinski definition) is 10. The molecule has 0 N–H and O–H groups in total. The van der Waals surface area contributed by atoms with Gasteiger partial charge in [0.15, 0.2) is 23.7 Å². The Morgan fingerprint density at radius 3 is 0.833 bits per heavy atom. The van der Waals surface area contributed by atoms with Crippen LogP contribution in [0.15, 0.2) is 24.3 Å². The van der Waals surface area contributed by atoms with Crippen molar-refractivity contribution in [3.05, 3.63) is 87.0 Å². The molecule has 0 saturated carbocycles. The zero-order valence-corrected chi connectivity index (χ0v) is 20.3. The van der Waals surface area contributed by atoms with Gasteiger partial charge in [0.1, 0.15) is 0 Å². The minimum Gasteiger partial charge on any atom is -0.297 e. The van der Waals surface area contributed by atoms with Gasteiger partial charge in [-0.3, -0.25) is 50.0 Å². The largest absolute Gasteiger partial charge is 0.297 e. The number of rotatable bonds is 6. The minimum atomic E-state index is -0.786. The van der Waals surface area contributed by atoms with Crippen LogP contribution in [0.5, 0.6) is 0 Å². The van der Waals surface area contributed by atoms with Gasteiger partial charge in [-0.15, -0.1) is 0 Å². The van der Waals surface area contributed by atoms with Gasteiger partial charge in [0.05, 0.1) is 19.7 Å². The molecule has 0 spiro atoms. The highest BCUT2D eigenvalue weighted by Crippen LogP contribution is 2.35. The Morgan fingerprint density at radius 1 is 0.528 bits per heavy atom. The van der Waals surface area contributed by atoms with Crippen molar-refractivity contribution in [1.82, 2.24) is 0 Å². The lowest BCUT2D eigenvalue weighted by molar-refractivity contribution is -0.394. The van der Waals surface area contributed by atoms with Crippen LogP contribution in [0.25, 0.3) is 0 Å². The maximum absolute atomic E-state index is 10.9. The molecule has 0 amide bonds. The summed E-state index contributed by atoms with van der Waals surface area (Å²) >= 11 is 0. The number of nitro benzene ring substituents is 4. The second-order valence-electron chi connectivity index (χ2n) is 9.62. The Kier molecular flexibility index (Phi) is 8.79. The average molecular weight is 504 g/mol. The Hall–Kier alpha value is -4.62. The first-order chi connectivity index (χ1) is 16.4. The highest BCUT2D eigenvalue weighted by Gasteiger charge is 2.30. The van der Waals surface area contributed by atoms with Gasteiger partial charge in [0, 0.05) is 24.3 Å². The summed E-state index contributed by atoms with van der Waals surface area (Å²) in [6, 6.07) is 4.82. The van der Waals surface area contributed by atoms with Crippen LogP contribution in [0.3, 0.4) is 0 Å². The van der Waals surface area contributed by atoms with E-state index in [9.17, 15) is 50.0 Å². The van der Waals surface area contributed by atoms with E-state index in [4.69, 9.17) is 0 Å². The lowest BCUT2D eigenvalue weighted by Crippen LogP contribution is -2.13. The molecule has 0 aromatic heterocycles. The van der Waals surface area contributed by atoms with E-state index in [0.29, 0.717) is 11.1 Å². The van der Waals surface area contributed by atoms with Crippen molar-refractivity contribution in [2.24, 2.45) is 0 Å². The summed E-state index contributed by atoms with van der Waals surface area (Å²) in [6.07, 6.45) is 0.283. The van der Waals surface area contributed by atoms with Crippen LogP contribution < -0.4 is 0 Å². The third-order valence-corrected chi connectivity index (χ3v) is 5.03. The third-order valence-electron chi connectivity index (χ3n) is 5.03. The van der Waals surface area contributed by atoms with Crippen LogP contribution >= 0.6 is 0 Å². The van der Waals surface area contributed by atoms with E-state index in [1.165, 1.54) is 24.3 Å². The summed E-state index contributed by atoms with van der Waals surface area (Å²) in [4.78, 5) is 61.9. The molecule has 14 nitrogen and oxygen atoms in total. The Balaban J connectivity index is 0.000000360. The topological polar surface area (TPSA) is 207 Å². The van der Waals surface area contributed by atoms with Crippen LogP contribution in [-0.4, -0.2) is 32.3 Å². The van der Waals surface area contributed by atoms with Crippen LogP contribution in [0, 0.1) is 40.5 Å². The molecule has 14 heteroatoms. The summed E-state index contributed by atoms with van der Waals surface area (Å²) in [5.41, 5.74) is -3.26. The predicted octanol–water partition coefficient (Wildman–Crippen LogP) is 5.23. The van der Waals surface area contributed by atoms with Gasteiger partial charge in [0.2, 0.25) is 0 Å². The maximum Gasteiger partial charge on any atom is 0.287 e. The monoisotopic (exact) mass is 504 g/mol. The first-order valence-electron chi connectivity index (χ1n) is 10.2. The van der Waals surface area contributed by atoms with Crippen molar-refractivity contribution >= 4 is 35.3 Å². The number of carbonyl (C=O) groups is 2. The Bertz CT molecular complexity index is 1090. The van der Waals surface area contributed by atoms with Gasteiger partial charge in [-0.25, -0.2) is 0 Å². The van der Waals surface area contributed by atoms with Crippen molar-refractivity contribution in [3.8, 4) is 0 Å². The van der Waals surface area contributed by atoms with Gasteiger partial charge < -0.3 is 0 Å². The normalized spacial score (nSPS) is 11.1. The molecule has 2 aromatic carbocycles. The number of carbonyl (C=O) groups excluding carboxylic acids is 2. The highest BCUT2D eigenvalue weighted by molar-refractivity contribution is 5.88. The first kappa shape index (κ1) is 29.4. The molecule has 0 atom stereocenters. The second kappa shape index (κ2) is 10.8. The number of aldehydes is 2. The van der Waals surface area contributed by atoms with Gasteiger partial charge in [-0.2, -0.15) is 0 Å².